The highest BCUT2D eigenvalue weighted by atomic mass is 35.5. The van der Waals surface area contributed by atoms with E-state index in [2.05, 4.69) is 28.2 Å². The molecule has 1 aromatic heterocycles. The number of aryl methyl sites for hydroxylation is 2. The average molecular weight is 331 g/mol. The second-order valence-electron chi connectivity index (χ2n) is 6.44. The summed E-state index contributed by atoms with van der Waals surface area (Å²) in [4.78, 5) is 11.6. The Morgan fingerprint density at radius 3 is 2.61 bits per heavy atom. The number of piperidine rings is 1. The van der Waals surface area contributed by atoms with Crippen molar-refractivity contribution >= 4 is 29.1 Å². The molecule has 0 radical (unpaired) electrons. The van der Waals surface area contributed by atoms with Crippen molar-refractivity contribution in [2.75, 3.05) is 23.3 Å². The predicted octanol–water partition coefficient (Wildman–Crippen LogP) is 4.73. The average Bonchev–Trinajstić information content (AvgIpc) is 2.51. The van der Waals surface area contributed by atoms with Gasteiger partial charge in [0.25, 0.3) is 0 Å². The van der Waals surface area contributed by atoms with Crippen LogP contribution in [0.2, 0.25) is 5.02 Å². The highest BCUT2D eigenvalue weighted by Gasteiger charge is 2.18. The molecule has 1 N–H and O–H groups in total. The summed E-state index contributed by atoms with van der Waals surface area (Å²) in [5.41, 5.74) is 3.03. The van der Waals surface area contributed by atoms with E-state index in [1.165, 1.54) is 12.8 Å². The Hall–Kier alpha value is -1.81. The number of nitrogens with one attached hydrogen (secondary N) is 1. The molecule has 0 saturated carbocycles. The molecule has 2 heterocycles. The van der Waals surface area contributed by atoms with Crippen LogP contribution >= 0.6 is 11.6 Å². The third-order valence-electron chi connectivity index (χ3n) is 4.39. The molecule has 2 aromatic rings. The van der Waals surface area contributed by atoms with Crippen LogP contribution in [0.4, 0.5) is 17.5 Å². The van der Waals surface area contributed by atoms with Crippen LogP contribution in [0.15, 0.2) is 24.3 Å². The zero-order valence-electron chi connectivity index (χ0n) is 13.9. The molecule has 1 fully saturated rings. The van der Waals surface area contributed by atoms with E-state index in [1.54, 1.807) is 0 Å². The SMILES string of the molecule is Cc1cc(N2CCC(C)CC2)nc(Nc2cc(Cl)ccc2C)n1. The van der Waals surface area contributed by atoms with Gasteiger partial charge in [0.2, 0.25) is 5.95 Å². The van der Waals surface area contributed by atoms with Gasteiger partial charge in [0.15, 0.2) is 0 Å². The van der Waals surface area contributed by atoms with Gasteiger partial charge in [-0.05, 0) is 50.3 Å². The molecule has 122 valence electrons. The lowest BCUT2D eigenvalue weighted by molar-refractivity contribution is 0.436. The van der Waals surface area contributed by atoms with Crippen molar-refractivity contribution in [3.63, 3.8) is 0 Å². The molecule has 1 aromatic carbocycles. The van der Waals surface area contributed by atoms with Crippen molar-refractivity contribution in [2.24, 2.45) is 5.92 Å². The topological polar surface area (TPSA) is 41.1 Å². The number of nitrogens with zero attached hydrogens (tertiary/aromatic N) is 3. The standard InChI is InChI=1S/C18H23ClN4/c1-12-6-8-23(9-7-12)17-10-14(3)20-18(22-17)21-16-11-15(19)5-4-13(16)2/h4-5,10-12H,6-9H2,1-3H3,(H,20,21,22). The lowest BCUT2D eigenvalue weighted by atomic mass is 9.99. The van der Waals surface area contributed by atoms with Crippen molar-refractivity contribution in [1.82, 2.24) is 9.97 Å². The lowest BCUT2D eigenvalue weighted by Gasteiger charge is -2.31. The van der Waals surface area contributed by atoms with E-state index in [0.717, 1.165) is 41.8 Å². The number of hydrogen-bond acceptors (Lipinski definition) is 4. The van der Waals surface area contributed by atoms with Crippen molar-refractivity contribution in [2.45, 2.75) is 33.6 Å². The maximum atomic E-state index is 6.09. The third kappa shape index (κ3) is 3.94. The Morgan fingerprint density at radius 2 is 1.87 bits per heavy atom. The number of benzene rings is 1. The van der Waals surface area contributed by atoms with E-state index in [9.17, 15) is 0 Å². The van der Waals surface area contributed by atoms with Gasteiger partial charge in [-0.2, -0.15) is 4.98 Å². The Labute approximate surface area is 142 Å². The van der Waals surface area contributed by atoms with Crippen LogP contribution in [-0.4, -0.2) is 23.1 Å². The summed E-state index contributed by atoms with van der Waals surface area (Å²) in [7, 11) is 0. The van der Waals surface area contributed by atoms with Crippen LogP contribution < -0.4 is 10.2 Å². The molecule has 0 aliphatic carbocycles. The molecular weight excluding hydrogens is 308 g/mol. The van der Waals surface area contributed by atoms with E-state index >= 15 is 0 Å². The molecule has 3 rings (SSSR count). The zero-order chi connectivity index (χ0) is 16.4. The molecule has 5 heteroatoms. The Kier molecular flexibility index (Phi) is 4.71. The maximum Gasteiger partial charge on any atom is 0.229 e. The highest BCUT2D eigenvalue weighted by molar-refractivity contribution is 6.30. The predicted molar refractivity (Wildman–Crippen MR) is 96.9 cm³/mol. The van der Waals surface area contributed by atoms with Crippen LogP contribution in [-0.2, 0) is 0 Å². The normalized spacial score (nSPS) is 15.7. The maximum absolute atomic E-state index is 6.09. The fraction of sp³-hybridized carbons (Fsp3) is 0.444. The fourth-order valence-corrected chi connectivity index (χ4v) is 3.03. The molecule has 0 bridgehead atoms. The molecule has 1 aliphatic heterocycles. The second kappa shape index (κ2) is 6.75. The molecule has 0 unspecified atom stereocenters. The van der Waals surface area contributed by atoms with Gasteiger partial charge in [-0.25, -0.2) is 4.98 Å². The quantitative estimate of drug-likeness (QED) is 0.883. The first kappa shape index (κ1) is 16.1. The first-order valence-corrected chi connectivity index (χ1v) is 8.53. The first-order chi connectivity index (χ1) is 11.0. The van der Waals surface area contributed by atoms with E-state index in [0.29, 0.717) is 11.0 Å². The molecule has 1 saturated heterocycles. The first-order valence-electron chi connectivity index (χ1n) is 8.15. The van der Waals surface area contributed by atoms with Crippen molar-refractivity contribution in [3.8, 4) is 0 Å². The van der Waals surface area contributed by atoms with Crippen molar-refractivity contribution in [1.29, 1.82) is 0 Å². The van der Waals surface area contributed by atoms with Crippen LogP contribution in [0.5, 0.6) is 0 Å². The smallest absolute Gasteiger partial charge is 0.229 e. The minimum atomic E-state index is 0.629. The van der Waals surface area contributed by atoms with Crippen LogP contribution in [0.25, 0.3) is 0 Å². The van der Waals surface area contributed by atoms with E-state index in [4.69, 9.17) is 16.6 Å². The summed E-state index contributed by atoms with van der Waals surface area (Å²) in [5.74, 6) is 2.44. The largest absolute Gasteiger partial charge is 0.356 e. The van der Waals surface area contributed by atoms with Gasteiger partial charge in [0, 0.05) is 35.6 Å². The summed E-state index contributed by atoms with van der Waals surface area (Å²) in [5, 5.41) is 4.01. The van der Waals surface area contributed by atoms with E-state index in [-0.39, 0.29) is 0 Å². The Morgan fingerprint density at radius 1 is 1.13 bits per heavy atom. The molecule has 1 aliphatic rings. The highest BCUT2D eigenvalue weighted by Crippen LogP contribution is 2.26. The number of anilines is 3. The number of hydrogen-bond donors (Lipinski definition) is 1. The summed E-state index contributed by atoms with van der Waals surface area (Å²) in [6, 6.07) is 7.85. The number of aromatic nitrogens is 2. The number of rotatable bonds is 3. The van der Waals surface area contributed by atoms with E-state index in [1.807, 2.05) is 32.0 Å². The van der Waals surface area contributed by atoms with Crippen LogP contribution in [0, 0.1) is 19.8 Å². The molecule has 0 atom stereocenters. The monoisotopic (exact) mass is 330 g/mol. The molecular formula is C18H23ClN4. The van der Waals surface area contributed by atoms with Crippen LogP contribution in [0.3, 0.4) is 0 Å². The minimum absolute atomic E-state index is 0.629. The van der Waals surface area contributed by atoms with Gasteiger partial charge in [-0.15, -0.1) is 0 Å². The summed E-state index contributed by atoms with van der Waals surface area (Å²) < 4.78 is 0. The van der Waals surface area contributed by atoms with Gasteiger partial charge < -0.3 is 10.2 Å². The van der Waals surface area contributed by atoms with Gasteiger partial charge in [0.05, 0.1) is 0 Å². The van der Waals surface area contributed by atoms with Gasteiger partial charge in [-0.3, -0.25) is 0 Å². The Balaban J connectivity index is 1.84. The van der Waals surface area contributed by atoms with Gasteiger partial charge >= 0.3 is 0 Å². The third-order valence-corrected chi connectivity index (χ3v) is 4.63. The summed E-state index contributed by atoms with van der Waals surface area (Å²) >= 11 is 6.09. The number of halogens is 1. The summed E-state index contributed by atoms with van der Waals surface area (Å²) in [6.45, 7) is 8.49. The van der Waals surface area contributed by atoms with Gasteiger partial charge in [0.1, 0.15) is 5.82 Å². The Bertz CT molecular complexity index is 693. The summed E-state index contributed by atoms with van der Waals surface area (Å²) in [6.07, 6.45) is 2.44. The lowest BCUT2D eigenvalue weighted by Crippen LogP contribution is -2.33. The minimum Gasteiger partial charge on any atom is -0.356 e. The van der Waals surface area contributed by atoms with Crippen molar-refractivity contribution < 1.29 is 0 Å². The fourth-order valence-electron chi connectivity index (χ4n) is 2.86. The molecule has 0 spiro atoms. The van der Waals surface area contributed by atoms with Crippen LogP contribution in [0.1, 0.15) is 31.0 Å². The zero-order valence-corrected chi connectivity index (χ0v) is 14.7. The van der Waals surface area contributed by atoms with Gasteiger partial charge in [-0.1, -0.05) is 24.6 Å². The molecule has 4 nitrogen and oxygen atoms in total. The van der Waals surface area contributed by atoms with E-state index < -0.39 is 0 Å². The van der Waals surface area contributed by atoms with Crippen molar-refractivity contribution in [3.05, 3.63) is 40.5 Å². The molecule has 0 amide bonds. The second-order valence-corrected chi connectivity index (χ2v) is 6.88. The molecule has 23 heavy (non-hydrogen) atoms.